The van der Waals surface area contributed by atoms with Crippen molar-refractivity contribution in [3.8, 4) is 5.75 Å². The van der Waals surface area contributed by atoms with Crippen LogP contribution in [-0.2, 0) is 13.0 Å². The van der Waals surface area contributed by atoms with Crippen molar-refractivity contribution in [2.75, 3.05) is 13.6 Å². The number of aromatic hydroxyl groups is 1. The number of rotatable bonds is 5. The number of benzene rings is 1. The molecule has 1 heterocycles. The van der Waals surface area contributed by atoms with Gasteiger partial charge in [-0.3, -0.25) is 4.99 Å². The smallest absolute Gasteiger partial charge is 0.191 e. The highest BCUT2D eigenvalue weighted by atomic mass is 127. The zero-order chi connectivity index (χ0) is 15.9. The van der Waals surface area contributed by atoms with Gasteiger partial charge in [-0.1, -0.05) is 6.07 Å². The third-order valence-corrected chi connectivity index (χ3v) is 3.86. The van der Waals surface area contributed by atoms with Crippen LogP contribution in [0.1, 0.15) is 16.3 Å². The van der Waals surface area contributed by atoms with Crippen LogP contribution in [0, 0.1) is 12.7 Å². The van der Waals surface area contributed by atoms with Crippen LogP contribution in [0.4, 0.5) is 4.39 Å². The van der Waals surface area contributed by atoms with Crippen molar-refractivity contribution >= 4 is 41.3 Å². The largest absolute Gasteiger partial charge is 0.505 e. The maximum Gasteiger partial charge on any atom is 0.191 e. The molecule has 0 aliphatic carbocycles. The Hall–Kier alpha value is -1.42. The molecule has 0 saturated heterocycles. The van der Waals surface area contributed by atoms with Gasteiger partial charge in [-0.05, 0) is 24.6 Å². The van der Waals surface area contributed by atoms with E-state index in [1.165, 1.54) is 12.1 Å². The van der Waals surface area contributed by atoms with Gasteiger partial charge in [0.05, 0.1) is 10.7 Å². The van der Waals surface area contributed by atoms with Crippen molar-refractivity contribution in [2.45, 2.75) is 19.9 Å². The molecular formula is C15H20FIN4OS. The molecule has 8 heteroatoms. The van der Waals surface area contributed by atoms with Gasteiger partial charge < -0.3 is 15.7 Å². The summed E-state index contributed by atoms with van der Waals surface area (Å²) in [5.41, 5.74) is 1.79. The number of nitrogens with one attached hydrogen (secondary N) is 2. The number of hydrogen-bond acceptors (Lipinski definition) is 4. The van der Waals surface area contributed by atoms with Crippen LogP contribution in [0.2, 0.25) is 0 Å². The molecule has 3 N–H and O–H groups in total. The molecule has 2 rings (SSSR count). The monoisotopic (exact) mass is 450 g/mol. The molecule has 0 radical (unpaired) electrons. The van der Waals surface area contributed by atoms with Crippen molar-refractivity contribution in [1.29, 1.82) is 0 Å². The molecule has 1 aromatic carbocycles. The van der Waals surface area contributed by atoms with E-state index in [1.807, 2.05) is 12.3 Å². The second-order valence-electron chi connectivity index (χ2n) is 4.75. The van der Waals surface area contributed by atoms with E-state index in [9.17, 15) is 4.39 Å². The van der Waals surface area contributed by atoms with E-state index in [4.69, 9.17) is 5.11 Å². The molecule has 126 valence electrons. The minimum Gasteiger partial charge on any atom is -0.505 e. The number of aliphatic imine (C=N–C) groups is 1. The number of halogens is 2. The fraction of sp³-hybridized carbons (Fsp3) is 0.333. The molecule has 0 saturated carbocycles. The Morgan fingerprint density at radius 2 is 2.17 bits per heavy atom. The first kappa shape index (κ1) is 19.6. The summed E-state index contributed by atoms with van der Waals surface area (Å²) in [5.74, 6) is -0.327. The summed E-state index contributed by atoms with van der Waals surface area (Å²) in [5, 5.41) is 18.5. The summed E-state index contributed by atoms with van der Waals surface area (Å²) in [6, 6.07) is 4.30. The van der Waals surface area contributed by atoms with Crippen LogP contribution in [0.15, 0.2) is 28.6 Å². The van der Waals surface area contributed by atoms with Crippen LogP contribution in [0.3, 0.4) is 0 Å². The second kappa shape index (κ2) is 9.66. The van der Waals surface area contributed by atoms with Gasteiger partial charge in [0.2, 0.25) is 0 Å². The molecule has 0 amide bonds. The lowest BCUT2D eigenvalue weighted by atomic mass is 10.2. The average molecular weight is 450 g/mol. The van der Waals surface area contributed by atoms with E-state index in [1.54, 1.807) is 24.5 Å². The Morgan fingerprint density at radius 3 is 2.78 bits per heavy atom. The van der Waals surface area contributed by atoms with Gasteiger partial charge in [0.25, 0.3) is 0 Å². The van der Waals surface area contributed by atoms with Crippen LogP contribution in [-0.4, -0.2) is 29.6 Å². The van der Waals surface area contributed by atoms with E-state index in [0.717, 1.165) is 22.7 Å². The second-order valence-corrected chi connectivity index (χ2v) is 5.81. The normalized spacial score (nSPS) is 11.0. The molecule has 0 aliphatic heterocycles. The first-order valence-corrected chi connectivity index (χ1v) is 7.79. The minimum atomic E-state index is -0.624. The summed E-state index contributed by atoms with van der Waals surface area (Å²) in [7, 11) is 1.68. The maximum atomic E-state index is 13.2. The van der Waals surface area contributed by atoms with Gasteiger partial charge in [0.1, 0.15) is 0 Å². The molecule has 0 bridgehead atoms. The summed E-state index contributed by atoms with van der Waals surface area (Å²) >= 11 is 1.64. The Balaban J connectivity index is 0.00000264. The van der Waals surface area contributed by atoms with Crippen molar-refractivity contribution in [1.82, 2.24) is 15.6 Å². The Kier molecular flexibility index (Phi) is 8.24. The van der Waals surface area contributed by atoms with Crippen molar-refractivity contribution in [3.05, 3.63) is 45.7 Å². The summed E-state index contributed by atoms with van der Waals surface area (Å²) < 4.78 is 13.2. The number of hydrogen-bond donors (Lipinski definition) is 3. The number of phenols is 1. The van der Waals surface area contributed by atoms with Gasteiger partial charge in [-0.2, -0.15) is 0 Å². The predicted molar refractivity (Wildman–Crippen MR) is 102 cm³/mol. The molecule has 5 nitrogen and oxygen atoms in total. The van der Waals surface area contributed by atoms with Gasteiger partial charge >= 0.3 is 0 Å². The zero-order valence-corrected chi connectivity index (χ0v) is 16.1. The lowest BCUT2D eigenvalue weighted by Crippen LogP contribution is -2.37. The fourth-order valence-electron chi connectivity index (χ4n) is 1.90. The number of aromatic nitrogens is 1. The molecular weight excluding hydrogens is 430 g/mol. The molecule has 23 heavy (non-hydrogen) atoms. The average Bonchev–Trinajstić information content (AvgIpc) is 2.91. The maximum absolute atomic E-state index is 13.2. The summed E-state index contributed by atoms with van der Waals surface area (Å²) in [4.78, 5) is 8.51. The Morgan fingerprint density at radius 1 is 1.39 bits per heavy atom. The Bertz CT molecular complexity index is 663. The third-order valence-electron chi connectivity index (χ3n) is 3.04. The van der Waals surface area contributed by atoms with E-state index < -0.39 is 5.82 Å². The number of nitrogens with zero attached hydrogens (tertiary/aromatic N) is 2. The standard InChI is InChI=1S/C15H19FN4OS.HI/c1-10-20-12(9-22-10)5-6-18-15(17-2)19-8-11-3-4-14(21)13(16)7-11;/h3-4,7,9,21H,5-6,8H2,1-2H3,(H2,17,18,19);1H. The highest BCUT2D eigenvalue weighted by molar-refractivity contribution is 14.0. The Labute approximate surface area is 156 Å². The lowest BCUT2D eigenvalue weighted by molar-refractivity contribution is 0.431. The van der Waals surface area contributed by atoms with Crippen LogP contribution >= 0.6 is 35.3 Å². The van der Waals surface area contributed by atoms with E-state index in [-0.39, 0.29) is 29.7 Å². The molecule has 0 unspecified atom stereocenters. The predicted octanol–water partition coefficient (Wildman–Crippen LogP) is 2.82. The number of guanidine groups is 1. The van der Waals surface area contributed by atoms with Gasteiger partial charge in [0.15, 0.2) is 17.5 Å². The van der Waals surface area contributed by atoms with Crippen LogP contribution < -0.4 is 10.6 Å². The SMILES string of the molecule is CN=C(NCCc1csc(C)n1)NCc1ccc(O)c(F)c1.I. The number of phenolic OH excluding ortho intramolecular Hbond substituents is 1. The molecule has 2 aromatic rings. The van der Waals surface area contributed by atoms with E-state index in [0.29, 0.717) is 19.0 Å². The highest BCUT2D eigenvalue weighted by Crippen LogP contribution is 2.15. The third kappa shape index (κ3) is 6.30. The van der Waals surface area contributed by atoms with E-state index in [2.05, 4.69) is 20.6 Å². The first-order chi connectivity index (χ1) is 10.6. The molecule has 1 aromatic heterocycles. The minimum absolute atomic E-state index is 0. The molecule has 0 atom stereocenters. The van der Waals surface area contributed by atoms with Gasteiger partial charge in [-0.15, -0.1) is 35.3 Å². The first-order valence-electron chi connectivity index (χ1n) is 6.91. The van der Waals surface area contributed by atoms with Crippen molar-refractivity contribution in [2.24, 2.45) is 4.99 Å². The fourth-order valence-corrected chi connectivity index (χ4v) is 2.55. The number of aryl methyl sites for hydroxylation is 1. The van der Waals surface area contributed by atoms with Crippen molar-refractivity contribution in [3.63, 3.8) is 0 Å². The molecule has 0 spiro atoms. The summed E-state index contributed by atoms with van der Waals surface area (Å²) in [6.07, 6.45) is 0.818. The van der Waals surface area contributed by atoms with Crippen LogP contribution in [0.5, 0.6) is 5.75 Å². The number of thiazole rings is 1. The van der Waals surface area contributed by atoms with Gasteiger partial charge in [-0.25, -0.2) is 9.37 Å². The van der Waals surface area contributed by atoms with Crippen molar-refractivity contribution < 1.29 is 9.50 Å². The molecule has 0 aliphatic rings. The zero-order valence-electron chi connectivity index (χ0n) is 13.0. The quantitative estimate of drug-likeness (QED) is 0.373. The highest BCUT2D eigenvalue weighted by Gasteiger charge is 2.03. The summed E-state index contributed by atoms with van der Waals surface area (Å²) in [6.45, 7) is 3.12. The van der Waals surface area contributed by atoms with Gasteiger partial charge in [0, 0.05) is 31.9 Å². The van der Waals surface area contributed by atoms with Crippen LogP contribution in [0.25, 0.3) is 0 Å². The lowest BCUT2D eigenvalue weighted by Gasteiger charge is -2.11. The topological polar surface area (TPSA) is 69.5 Å². The molecule has 0 fully saturated rings. The van der Waals surface area contributed by atoms with E-state index >= 15 is 0 Å².